The van der Waals surface area contributed by atoms with E-state index in [4.69, 9.17) is 0 Å². The Hall–Kier alpha value is -2.69. The monoisotopic (exact) mass is 292 g/mol. The van der Waals surface area contributed by atoms with Crippen molar-refractivity contribution in [2.75, 3.05) is 13.1 Å². The molecule has 1 unspecified atom stereocenters. The lowest BCUT2D eigenvalue weighted by Gasteiger charge is -2.16. The normalized spacial score (nSPS) is 18.0. The molecular formula is C17H16N4O. The van der Waals surface area contributed by atoms with Gasteiger partial charge in [0.05, 0.1) is 6.20 Å². The van der Waals surface area contributed by atoms with Gasteiger partial charge in [0.25, 0.3) is 5.91 Å². The Morgan fingerprint density at radius 3 is 2.91 bits per heavy atom. The maximum absolute atomic E-state index is 12.7. The average Bonchev–Trinajstić information content (AvgIpc) is 3.22. The highest BCUT2D eigenvalue weighted by molar-refractivity contribution is 5.99. The number of benzene rings is 1. The summed E-state index contributed by atoms with van der Waals surface area (Å²) in [5, 5.41) is 4.19. The van der Waals surface area contributed by atoms with Crippen LogP contribution in [-0.2, 0) is 0 Å². The molecule has 0 spiro atoms. The molecule has 1 fully saturated rings. The van der Waals surface area contributed by atoms with Crippen LogP contribution in [-0.4, -0.2) is 38.5 Å². The summed E-state index contributed by atoms with van der Waals surface area (Å²) in [5.74, 6) is 0.437. The first-order valence-electron chi connectivity index (χ1n) is 7.45. The summed E-state index contributed by atoms with van der Waals surface area (Å²) in [5.41, 5.74) is 2.50. The summed E-state index contributed by atoms with van der Waals surface area (Å²) >= 11 is 0. The van der Waals surface area contributed by atoms with Crippen molar-refractivity contribution < 1.29 is 4.79 Å². The van der Waals surface area contributed by atoms with Gasteiger partial charge >= 0.3 is 0 Å². The molecule has 110 valence electrons. The number of carbonyl (C=O) groups excluding carboxylic acids is 1. The van der Waals surface area contributed by atoms with Gasteiger partial charge in [-0.15, -0.1) is 0 Å². The molecule has 1 aliphatic heterocycles. The van der Waals surface area contributed by atoms with E-state index in [1.54, 1.807) is 29.2 Å². The maximum atomic E-state index is 12.7. The van der Waals surface area contributed by atoms with Crippen molar-refractivity contribution in [1.29, 1.82) is 0 Å². The fourth-order valence-electron chi connectivity index (χ4n) is 3.09. The van der Waals surface area contributed by atoms with Gasteiger partial charge < -0.3 is 4.90 Å². The van der Waals surface area contributed by atoms with Crippen molar-refractivity contribution in [1.82, 2.24) is 19.5 Å². The molecule has 0 radical (unpaired) electrons. The van der Waals surface area contributed by atoms with Gasteiger partial charge in [0.2, 0.25) is 0 Å². The fraction of sp³-hybridized carbons (Fsp3) is 0.235. The van der Waals surface area contributed by atoms with Gasteiger partial charge in [-0.1, -0.05) is 30.3 Å². The number of likely N-dealkylation sites (tertiary alicyclic amines) is 1. The molecule has 22 heavy (non-hydrogen) atoms. The summed E-state index contributed by atoms with van der Waals surface area (Å²) in [4.78, 5) is 18.9. The van der Waals surface area contributed by atoms with E-state index >= 15 is 0 Å². The zero-order chi connectivity index (χ0) is 14.9. The summed E-state index contributed by atoms with van der Waals surface area (Å²) < 4.78 is 1.64. The Kier molecular flexibility index (Phi) is 3.11. The topological polar surface area (TPSA) is 50.5 Å². The molecule has 4 rings (SSSR count). The Balaban J connectivity index is 1.57. The third-order valence-electron chi connectivity index (χ3n) is 4.26. The van der Waals surface area contributed by atoms with Gasteiger partial charge in [-0.2, -0.15) is 5.10 Å². The molecule has 0 saturated carbocycles. The third kappa shape index (κ3) is 2.15. The number of carbonyl (C=O) groups is 1. The second kappa shape index (κ2) is 5.26. The predicted octanol–water partition coefficient (Wildman–Crippen LogP) is 2.36. The van der Waals surface area contributed by atoms with Crippen molar-refractivity contribution in [3.8, 4) is 0 Å². The SMILES string of the molecule is O=C(c1cnn2cccnc12)N1CCC(c2ccccc2)C1. The largest absolute Gasteiger partial charge is 0.338 e. The Labute approximate surface area is 128 Å². The van der Waals surface area contributed by atoms with Crippen molar-refractivity contribution in [2.45, 2.75) is 12.3 Å². The Bertz CT molecular complexity index is 812. The molecule has 1 aliphatic rings. The highest BCUT2D eigenvalue weighted by Crippen LogP contribution is 2.28. The van der Waals surface area contributed by atoms with Crippen LogP contribution in [0.5, 0.6) is 0 Å². The number of aromatic nitrogens is 3. The minimum absolute atomic E-state index is 0.0205. The zero-order valence-electron chi connectivity index (χ0n) is 12.1. The molecule has 3 heterocycles. The summed E-state index contributed by atoms with van der Waals surface area (Å²) in [7, 11) is 0. The maximum Gasteiger partial charge on any atom is 0.259 e. The number of nitrogens with zero attached hydrogens (tertiary/aromatic N) is 4. The smallest absolute Gasteiger partial charge is 0.259 e. The van der Waals surface area contributed by atoms with Crippen LogP contribution in [0.3, 0.4) is 0 Å². The molecule has 2 aromatic heterocycles. The van der Waals surface area contributed by atoms with Crippen LogP contribution in [0, 0.1) is 0 Å². The van der Waals surface area contributed by atoms with Gasteiger partial charge in [-0.05, 0) is 18.1 Å². The molecular weight excluding hydrogens is 276 g/mol. The number of rotatable bonds is 2. The molecule has 0 aliphatic carbocycles. The van der Waals surface area contributed by atoms with Crippen molar-refractivity contribution in [2.24, 2.45) is 0 Å². The summed E-state index contributed by atoms with van der Waals surface area (Å²) in [6, 6.07) is 12.2. The molecule has 0 bridgehead atoms. The molecule has 1 amide bonds. The minimum atomic E-state index is 0.0205. The van der Waals surface area contributed by atoms with Gasteiger partial charge in [0.15, 0.2) is 5.65 Å². The molecule has 1 aromatic carbocycles. The molecule has 5 heteroatoms. The second-order valence-electron chi connectivity index (χ2n) is 5.59. The average molecular weight is 292 g/mol. The predicted molar refractivity (Wildman–Crippen MR) is 82.7 cm³/mol. The van der Waals surface area contributed by atoms with Crippen molar-refractivity contribution in [3.05, 3.63) is 66.1 Å². The first-order chi connectivity index (χ1) is 10.8. The van der Waals surface area contributed by atoms with E-state index in [-0.39, 0.29) is 5.91 Å². The first-order valence-corrected chi connectivity index (χ1v) is 7.45. The van der Waals surface area contributed by atoms with Crippen LogP contribution >= 0.6 is 0 Å². The van der Waals surface area contributed by atoms with Crippen LogP contribution in [0.2, 0.25) is 0 Å². The minimum Gasteiger partial charge on any atom is -0.338 e. The van der Waals surface area contributed by atoms with Gasteiger partial charge in [-0.25, -0.2) is 9.50 Å². The molecule has 1 saturated heterocycles. The summed E-state index contributed by atoms with van der Waals surface area (Å²) in [6.07, 6.45) is 6.10. The molecule has 1 atom stereocenters. The Morgan fingerprint density at radius 1 is 1.18 bits per heavy atom. The van der Waals surface area contributed by atoms with Crippen LogP contribution in [0.15, 0.2) is 55.0 Å². The zero-order valence-corrected chi connectivity index (χ0v) is 12.1. The van der Waals surface area contributed by atoms with Gasteiger partial charge in [-0.3, -0.25) is 4.79 Å². The van der Waals surface area contributed by atoms with Crippen LogP contribution in [0.1, 0.15) is 28.3 Å². The molecule has 5 nitrogen and oxygen atoms in total. The summed E-state index contributed by atoms with van der Waals surface area (Å²) in [6.45, 7) is 1.54. The highest BCUT2D eigenvalue weighted by atomic mass is 16.2. The highest BCUT2D eigenvalue weighted by Gasteiger charge is 2.29. The lowest BCUT2D eigenvalue weighted by molar-refractivity contribution is 0.0792. The number of fused-ring (bicyclic) bond motifs is 1. The van der Waals surface area contributed by atoms with Crippen LogP contribution < -0.4 is 0 Å². The first kappa shape index (κ1) is 13.0. The van der Waals surface area contributed by atoms with Gasteiger partial charge in [0.1, 0.15) is 5.56 Å². The van der Waals surface area contributed by atoms with Crippen LogP contribution in [0.25, 0.3) is 5.65 Å². The fourth-order valence-corrected chi connectivity index (χ4v) is 3.09. The Morgan fingerprint density at radius 2 is 2.05 bits per heavy atom. The van der Waals surface area contributed by atoms with Crippen LogP contribution in [0.4, 0.5) is 0 Å². The van der Waals surface area contributed by atoms with E-state index in [9.17, 15) is 4.79 Å². The second-order valence-corrected chi connectivity index (χ2v) is 5.59. The van der Waals surface area contributed by atoms with Crippen molar-refractivity contribution >= 4 is 11.6 Å². The van der Waals surface area contributed by atoms with E-state index in [2.05, 4.69) is 34.3 Å². The third-order valence-corrected chi connectivity index (χ3v) is 4.26. The van der Waals surface area contributed by atoms with E-state index in [0.29, 0.717) is 17.1 Å². The van der Waals surface area contributed by atoms with E-state index < -0.39 is 0 Å². The molecule has 0 N–H and O–H groups in total. The quantitative estimate of drug-likeness (QED) is 0.728. The number of amides is 1. The number of hydrogen-bond donors (Lipinski definition) is 0. The number of hydrogen-bond acceptors (Lipinski definition) is 3. The van der Waals surface area contributed by atoms with E-state index in [0.717, 1.165) is 19.5 Å². The van der Waals surface area contributed by atoms with E-state index in [1.165, 1.54) is 5.56 Å². The van der Waals surface area contributed by atoms with Gasteiger partial charge in [0, 0.05) is 31.4 Å². The van der Waals surface area contributed by atoms with Crippen molar-refractivity contribution in [3.63, 3.8) is 0 Å². The lowest BCUT2D eigenvalue weighted by Crippen LogP contribution is -2.28. The molecule has 3 aromatic rings. The van der Waals surface area contributed by atoms with E-state index in [1.807, 2.05) is 11.0 Å². The standard InChI is InChI=1S/C17H16N4O/c22-17(15-11-19-21-9-4-8-18-16(15)21)20-10-7-14(12-20)13-5-2-1-3-6-13/h1-6,8-9,11,14H,7,10,12H2. The lowest BCUT2D eigenvalue weighted by atomic mass is 9.99.